The summed E-state index contributed by atoms with van der Waals surface area (Å²) >= 11 is 0. The van der Waals surface area contributed by atoms with E-state index in [1.54, 1.807) is 0 Å². The monoisotopic (exact) mass is 319 g/mol. The number of nitrogens with one attached hydrogen (secondary N) is 1. The molecule has 2 aromatic rings. The Morgan fingerprint density at radius 1 is 1.04 bits per heavy atom. The fourth-order valence-electron chi connectivity index (χ4n) is 3.33. The second kappa shape index (κ2) is 7.35. The molecule has 0 aromatic heterocycles. The third kappa shape index (κ3) is 3.07. The van der Waals surface area contributed by atoms with Gasteiger partial charge >= 0.3 is 0 Å². The Labute approximate surface area is 143 Å². The van der Waals surface area contributed by atoms with Crippen LogP contribution in [0.15, 0.2) is 65.7 Å². The van der Waals surface area contributed by atoms with E-state index in [9.17, 15) is 4.79 Å². The molecule has 0 fully saturated rings. The van der Waals surface area contributed by atoms with E-state index < -0.39 is 0 Å². The van der Waals surface area contributed by atoms with Crippen molar-refractivity contribution < 1.29 is 9.79 Å². The van der Waals surface area contributed by atoms with E-state index in [4.69, 9.17) is 4.99 Å². The number of unbranched alkanes of at least 4 members (excludes halogenated alkanes) is 1. The summed E-state index contributed by atoms with van der Waals surface area (Å²) in [4.78, 5) is 19.2. The van der Waals surface area contributed by atoms with Crippen LogP contribution in [0.3, 0.4) is 0 Å². The average Bonchev–Trinajstić information content (AvgIpc) is 3.03. The second-order valence-electron chi connectivity index (χ2n) is 6.08. The number of carbonyl (C=O) groups excluding carboxylic acids is 1. The Hall–Kier alpha value is -2.55. The highest BCUT2D eigenvalue weighted by atomic mass is 16.1. The standard InChI is InChI=1S/C21H22N2O/c1-2-21(18-13-7-4-8-14-18)20(17-11-5-3-6-12-17)22-19(23-21)15-9-10-16-24/h3-8,11-14,16H,2,9-10,15H2,1H3/p+1. The van der Waals surface area contributed by atoms with E-state index in [0.29, 0.717) is 6.42 Å². The number of rotatable bonds is 7. The fraction of sp³-hybridized carbons (Fsp3) is 0.286. The van der Waals surface area contributed by atoms with Crippen LogP contribution in [0.5, 0.6) is 0 Å². The minimum Gasteiger partial charge on any atom is -0.303 e. The molecule has 0 saturated carbocycles. The zero-order valence-electron chi connectivity index (χ0n) is 14.0. The van der Waals surface area contributed by atoms with Gasteiger partial charge in [-0.05, 0) is 11.4 Å². The summed E-state index contributed by atoms with van der Waals surface area (Å²) in [5, 5.41) is 0. The van der Waals surface area contributed by atoms with Crippen molar-refractivity contribution in [1.29, 1.82) is 0 Å². The highest BCUT2D eigenvalue weighted by Gasteiger charge is 2.47. The minimum atomic E-state index is -0.306. The van der Waals surface area contributed by atoms with Gasteiger partial charge in [-0.25, -0.2) is 0 Å². The molecule has 3 rings (SSSR count). The van der Waals surface area contributed by atoms with Crippen molar-refractivity contribution in [2.24, 2.45) is 4.99 Å². The SMILES string of the molecule is CCC1(c2ccccc2)[NH+]=C(CCCC=O)N=C1c1ccccc1. The van der Waals surface area contributed by atoms with Gasteiger partial charge in [-0.15, -0.1) is 0 Å². The molecule has 1 unspecified atom stereocenters. The molecule has 1 aliphatic rings. The van der Waals surface area contributed by atoms with Gasteiger partial charge in [-0.3, -0.25) is 4.99 Å². The van der Waals surface area contributed by atoms with Crippen molar-refractivity contribution in [2.45, 2.75) is 38.1 Å². The number of carbonyl (C=O) groups is 1. The van der Waals surface area contributed by atoms with E-state index in [1.165, 1.54) is 5.56 Å². The van der Waals surface area contributed by atoms with Crippen LogP contribution in [-0.4, -0.2) is 17.8 Å². The molecule has 1 N–H and O–H groups in total. The van der Waals surface area contributed by atoms with Gasteiger partial charge in [0.15, 0.2) is 5.54 Å². The summed E-state index contributed by atoms with van der Waals surface area (Å²) in [7, 11) is 0. The van der Waals surface area contributed by atoms with Crippen LogP contribution in [0.25, 0.3) is 0 Å². The molecular weight excluding hydrogens is 296 g/mol. The van der Waals surface area contributed by atoms with Crippen LogP contribution in [0.1, 0.15) is 43.7 Å². The van der Waals surface area contributed by atoms with Crippen LogP contribution >= 0.6 is 0 Å². The summed E-state index contributed by atoms with van der Waals surface area (Å²) in [5.41, 5.74) is 3.12. The van der Waals surface area contributed by atoms with Crippen LogP contribution in [0, 0.1) is 0 Å². The molecule has 0 bridgehead atoms. The zero-order chi connectivity index (χ0) is 16.8. The molecular formula is C21H23N2O+. The highest BCUT2D eigenvalue weighted by molar-refractivity contribution is 6.13. The summed E-state index contributed by atoms with van der Waals surface area (Å²) in [6, 6.07) is 20.8. The Morgan fingerprint density at radius 3 is 2.33 bits per heavy atom. The quantitative estimate of drug-likeness (QED) is 0.619. The first-order valence-corrected chi connectivity index (χ1v) is 8.58. The summed E-state index contributed by atoms with van der Waals surface area (Å²) in [6.45, 7) is 2.19. The van der Waals surface area contributed by atoms with Crippen molar-refractivity contribution in [2.75, 3.05) is 0 Å². The molecule has 122 valence electrons. The molecule has 24 heavy (non-hydrogen) atoms. The van der Waals surface area contributed by atoms with Crippen molar-refractivity contribution in [3.63, 3.8) is 0 Å². The topological polar surface area (TPSA) is 43.4 Å². The number of nitrogens with zero attached hydrogens (tertiary/aromatic N) is 1. The van der Waals surface area contributed by atoms with Gasteiger partial charge in [0, 0.05) is 24.0 Å². The molecule has 3 nitrogen and oxygen atoms in total. The second-order valence-corrected chi connectivity index (χ2v) is 6.08. The Balaban J connectivity index is 2.05. The summed E-state index contributed by atoms with van der Waals surface area (Å²) < 4.78 is 0. The van der Waals surface area contributed by atoms with Gasteiger partial charge in [0.25, 0.3) is 5.84 Å². The van der Waals surface area contributed by atoms with Gasteiger partial charge in [0.2, 0.25) is 5.71 Å². The molecule has 0 radical (unpaired) electrons. The minimum absolute atomic E-state index is 0.306. The smallest absolute Gasteiger partial charge is 0.293 e. The van der Waals surface area contributed by atoms with E-state index >= 15 is 0 Å². The molecule has 0 amide bonds. The molecule has 3 heteroatoms. The average molecular weight is 319 g/mol. The van der Waals surface area contributed by atoms with E-state index in [-0.39, 0.29) is 5.54 Å². The van der Waals surface area contributed by atoms with Crippen molar-refractivity contribution >= 4 is 17.8 Å². The predicted octanol–water partition coefficient (Wildman–Crippen LogP) is 2.64. The Bertz CT molecular complexity index is 750. The van der Waals surface area contributed by atoms with Crippen molar-refractivity contribution in [1.82, 2.24) is 0 Å². The number of hydrogen-bond donors (Lipinski definition) is 1. The van der Waals surface area contributed by atoms with E-state index in [1.807, 2.05) is 24.3 Å². The fourth-order valence-corrected chi connectivity index (χ4v) is 3.33. The molecule has 0 aliphatic carbocycles. The Morgan fingerprint density at radius 2 is 1.71 bits per heavy atom. The number of benzene rings is 2. The molecule has 1 atom stereocenters. The van der Waals surface area contributed by atoms with Crippen LogP contribution in [-0.2, 0) is 10.3 Å². The van der Waals surface area contributed by atoms with Gasteiger partial charge < -0.3 is 4.79 Å². The van der Waals surface area contributed by atoms with Crippen LogP contribution in [0.4, 0.5) is 0 Å². The molecule has 1 heterocycles. The third-order valence-electron chi connectivity index (χ3n) is 4.59. The zero-order valence-corrected chi connectivity index (χ0v) is 14.0. The largest absolute Gasteiger partial charge is 0.303 e. The molecule has 2 aromatic carbocycles. The van der Waals surface area contributed by atoms with Gasteiger partial charge in [-0.2, -0.15) is 0 Å². The van der Waals surface area contributed by atoms with Crippen LogP contribution in [0.2, 0.25) is 0 Å². The van der Waals surface area contributed by atoms with Crippen LogP contribution < -0.4 is 4.99 Å². The predicted molar refractivity (Wildman–Crippen MR) is 97.3 cm³/mol. The maximum absolute atomic E-state index is 10.6. The molecule has 1 aliphatic heterocycles. The third-order valence-corrected chi connectivity index (χ3v) is 4.59. The van der Waals surface area contributed by atoms with Gasteiger partial charge in [-0.1, -0.05) is 67.6 Å². The lowest BCUT2D eigenvalue weighted by atomic mass is 9.81. The first kappa shape index (κ1) is 16.3. The van der Waals surface area contributed by atoms with E-state index in [2.05, 4.69) is 48.3 Å². The van der Waals surface area contributed by atoms with Gasteiger partial charge in [0.05, 0.1) is 6.42 Å². The summed E-state index contributed by atoms with van der Waals surface area (Å²) in [5.74, 6) is 0.974. The van der Waals surface area contributed by atoms with Crippen molar-refractivity contribution in [3.8, 4) is 0 Å². The lowest BCUT2D eigenvalue weighted by molar-refractivity contribution is -0.536. The maximum Gasteiger partial charge on any atom is 0.293 e. The molecule has 0 spiro atoms. The first-order valence-electron chi connectivity index (χ1n) is 8.58. The lowest BCUT2D eigenvalue weighted by Crippen LogP contribution is -2.84. The van der Waals surface area contributed by atoms with Crippen molar-refractivity contribution in [3.05, 3.63) is 71.8 Å². The summed E-state index contributed by atoms with van der Waals surface area (Å²) in [6.07, 6.45) is 4.07. The number of aliphatic imine (C=N–C) groups is 1. The normalized spacial score (nSPS) is 19.7. The lowest BCUT2D eigenvalue weighted by Gasteiger charge is -2.23. The van der Waals surface area contributed by atoms with E-state index in [0.717, 1.165) is 42.7 Å². The molecule has 0 saturated heterocycles. The number of hydrogen-bond acceptors (Lipinski definition) is 2. The highest BCUT2D eigenvalue weighted by Crippen LogP contribution is 2.28. The maximum atomic E-state index is 10.6. The van der Waals surface area contributed by atoms with Gasteiger partial charge in [0.1, 0.15) is 6.29 Å². The number of amidine groups is 1. The first-order chi connectivity index (χ1) is 11.8. The number of aldehydes is 1. The Kier molecular flexibility index (Phi) is 4.99.